The molecule has 0 bridgehead atoms. The standard InChI is InChI=1S/C12H12ClF3N2O3/c13-8-4-3-7(12(14,15)16)6-9(8)18-11(21)17-5-1-2-10(19)20/h3-4,6H,1-2,5H2,(H,19,20)(H2,17,18,21). The van der Waals surface area contributed by atoms with E-state index in [0.29, 0.717) is 0 Å². The van der Waals surface area contributed by atoms with Gasteiger partial charge in [0.2, 0.25) is 0 Å². The van der Waals surface area contributed by atoms with Gasteiger partial charge in [-0.05, 0) is 24.6 Å². The molecule has 0 aromatic heterocycles. The second-order valence-corrected chi connectivity index (χ2v) is 4.48. The van der Waals surface area contributed by atoms with Crippen LogP contribution in [0.1, 0.15) is 18.4 Å². The number of aliphatic carboxylic acids is 1. The van der Waals surface area contributed by atoms with Gasteiger partial charge in [-0.15, -0.1) is 0 Å². The molecule has 0 spiro atoms. The number of carboxylic acids is 1. The summed E-state index contributed by atoms with van der Waals surface area (Å²) in [6, 6.07) is 1.80. The first-order valence-electron chi connectivity index (χ1n) is 5.83. The highest BCUT2D eigenvalue weighted by atomic mass is 35.5. The molecule has 0 unspecified atom stereocenters. The highest BCUT2D eigenvalue weighted by Crippen LogP contribution is 2.33. The quantitative estimate of drug-likeness (QED) is 0.727. The van der Waals surface area contributed by atoms with Crippen LogP contribution in [0.4, 0.5) is 23.7 Å². The van der Waals surface area contributed by atoms with Crippen molar-refractivity contribution in [2.24, 2.45) is 0 Å². The van der Waals surface area contributed by atoms with Crippen LogP contribution in [-0.4, -0.2) is 23.7 Å². The Morgan fingerprint density at radius 2 is 1.95 bits per heavy atom. The number of amides is 2. The smallest absolute Gasteiger partial charge is 0.416 e. The highest BCUT2D eigenvalue weighted by Gasteiger charge is 2.31. The van der Waals surface area contributed by atoms with Gasteiger partial charge in [0.05, 0.1) is 16.3 Å². The van der Waals surface area contributed by atoms with Gasteiger partial charge in [-0.2, -0.15) is 13.2 Å². The number of rotatable bonds is 5. The number of urea groups is 1. The Labute approximate surface area is 123 Å². The number of hydrogen-bond donors (Lipinski definition) is 3. The van der Waals surface area contributed by atoms with Crippen LogP contribution < -0.4 is 10.6 Å². The number of nitrogens with one attached hydrogen (secondary N) is 2. The fourth-order valence-electron chi connectivity index (χ4n) is 1.41. The minimum Gasteiger partial charge on any atom is -0.481 e. The maximum atomic E-state index is 12.5. The van der Waals surface area contributed by atoms with Gasteiger partial charge < -0.3 is 15.7 Å². The van der Waals surface area contributed by atoms with Crippen molar-refractivity contribution >= 4 is 29.3 Å². The van der Waals surface area contributed by atoms with Crippen LogP contribution in [0.2, 0.25) is 5.02 Å². The molecule has 9 heteroatoms. The van der Waals surface area contributed by atoms with E-state index in [1.54, 1.807) is 0 Å². The Kier molecular flexibility index (Phi) is 5.83. The van der Waals surface area contributed by atoms with E-state index in [-0.39, 0.29) is 30.1 Å². The maximum Gasteiger partial charge on any atom is 0.416 e. The lowest BCUT2D eigenvalue weighted by molar-refractivity contribution is -0.138. The molecule has 1 aromatic rings. The molecular weight excluding hydrogens is 313 g/mol. The predicted molar refractivity (Wildman–Crippen MR) is 70.3 cm³/mol. The van der Waals surface area contributed by atoms with Gasteiger partial charge in [0.15, 0.2) is 0 Å². The third kappa shape index (κ3) is 5.90. The van der Waals surface area contributed by atoms with Gasteiger partial charge in [0, 0.05) is 13.0 Å². The Bertz CT molecular complexity index is 535. The summed E-state index contributed by atoms with van der Waals surface area (Å²) >= 11 is 5.71. The molecule has 0 aliphatic heterocycles. The molecule has 2 amide bonds. The van der Waals surface area contributed by atoms with Gasteiger partial charge in [-0.1, -0.05) is 11.6 Å². The van der Waals surface area contributed by atoms with Gasteiger partial charge in [0.1, 0.15) is 0 Å². The summed E-state index contributed by atoms with van der Waals surface area (Å²) in [5.41, 5.74) is -1.12. The number of carbonyl (C=O) groups is 2. The van der Waals surface area contributed by atoms with E-state index in [2.05, 4.69) is 10.6 Å². The number of anilines is 1. The molecule has 1 aromatic carbocycles. The Morgan fingerprint density at radius 1 is 1.29 bits per heavy atom. The molecule has 1 rings (SSSR count). The van der Waals surface area contributed by atoms with Crippen molar-refractivity contribution in [1.82, 2.24) is 5.32 Å². The monoisotopic (exact) mass is 324 g/mol. The Hall–Kier alpha value is -1.96. The van der Waals surface area contributed by atoms with Gasteiger partial charge in [0.25, 0.3) is 0 Å². The van der Waals surface area contributed by atoms with Crippen LogP contribution in [0.3, 0.4) is 0 Å². The number of alkyl halides is 3. The summed E-state index contributed by atoms with van der Waals surface area (Å²) < 4.78 is 37.6. The van der Waals surface area contributed by atoms with Gasteiger partial charge in [-0.25, -0.2) is 4.79 Å². The van der Waals surface area contributed by atoms with Crippen LogP contribution in [0.5, 0.6) is 0 Å². The Balaban J connectivity index is 2.61. The van der Waals surface area contributed by atoms with E-state index < -0.39 is 23.7 Å². The predicted octanol–water partition coefficient (Wildman–Crippen LogP) is 3.35. The van der Waals surface area contributed by atoms with E-state index in [1.807, 2.05) is 0 Å². The van der Waals surface area contributed by atoms with Crippen molar-refractivity contribution in [3.63, 3.8) is 0 Å². The summed E-state index contributed by atoms with van der Waals surface area (Å²) in [6.45, 7) is 0.0781. The zero-order valence-corrected chi connectivity index (χ0v) is 11.4. The number of halogens is 4. The van der Waals surface area contributed by atoms with Crippen LogP contribution in [0.15, 0.2) is 18.2 Å². The zero-order chi connectivity index (χ0) is 16.0. The first-order valence-corrected chi connectivity index (χ1v) is 6.21. The first kappa shape index (κ1) is 17.1. The van der Waals surface area contributed by atoms with E-state index in [4.69, 9.17) is 16.7 Å². The molecule has 3 N–H and O–H groups in total. The van der Waals surface area contributed by atoms with Crippen LogP contribution in [-0.2, 0) is 11.0 Å². The molecule has 0 aliphatic carbocycles. The molecule has 0 aliphatic rings. The van der Waals surface area contributed by atoms with E-state index in [9.17, 15) is 22.8 Å². The van der Waals surface area contributed by atoms with Crippen molar-refractivity contribution in [2.45, 2.75) is 19.0 Å². The molecule has 0 atom stereocenters. The van der Waals surface area contributed by atoms with Crippen molar-refractivity contribution in [3.8, 4) is 0 Å². The third-order valence-electron chi connectivity index (χ3n) is 2.39. The maximum absolute atomic E-state index is 12.5. The average molecular weight is 325 g/mol. The summed E-state index contributed by atoms with van der Waals surface area (Å²) in [7, 11) is 0. The lowest BCUT2D eigenvalue weighted by Crippen LogP contribution is -2.30. The van der Waals surface area contributed by atoms with Gasteiger partial charge in [-0.3, -0.25) is 4.79 Å². The molecule has 0 heterocycles. The summed E-state index contributed by atoms with van der Waals surface area (Å²) in [5, 5.41) is 12.9. The normalized spacial score (nSPS) is 11.0. The minimum atomic E-state index is -4.54. The fourth-order valence-corrected chi connectivity index (χ4v) is 1.57. The van der Waals surface area contributed by atoms with E-state index in [0.717, 1.165) is 18.2 Å². The number of benzene rings is 1. The molecule has 0 saturated heterocycles. The SMILES string of the molecule is O=C(O)CCCNC(=O)Nc1cc(C(F)(F)F)ccc1Cl. The molecular formula is C12H12ClF3N2O3. The summed E-state index contributed by atoms with van der Waals surface area (Å²) in [5.74, 6) is -1.00. The zero-order valence-electron chi connectivity index (χ0n) is 10.6. The molecule has 0 saturated carbocycles. The molecule has 116 valence electrons. The molecule has 21 heavy (non-hydrogen) atoms. The number of hydrogen-bond acceptors (Lipinski definition) is 2. The lowest BCUT2D eigenvalue weighted by Gasteiger charge is -2.12. The summed E-state index contributed by atoms with van der Waals surface area (Å²) in [6.07, 6.45) is -4.46. The molecule has 0 radical (unpaired) electrons. The highest BCUT2D eigenvalue weighted by molar-refractivity contribution is 6.33. The van der Waals surface area contributed by atoms with Crippen molar-refractivity contribution in [1.29, 1.82) is 0 Å². The topological polar surface area (TPSA) is 78.4 Å². The number of carbonyl (C=O) groups excluding carboxylic acids is 1. The lowest BCUT2D eigenvalue weighted by atomic mass is 10.2. The second kappa shape index (κ2) is 7.16. The molecule has 0 fully saturated rings. The fraction of sp³-hybridized carbons (Fsp3) is 0.333. The van der Waals surface area contributed by atoms with Crippen LogP contribution in [0, 0.1) is 0 Å². The van der Waals surface area contributed by atoms with E-state index in [1.165, 1.54) is 0 Å². The minimum absolute atomic E-state index is 0.0383. The first-order chi connectivity index (χ1) is 9.70. The van der Waals surface area contributed by atoms with E-state index >= 15 is 0 Å². The van der Waals surface area contributed by atoms with Crippen molar-refractivity contribution < 1.29 is 27.9 Å². The summed E-state index contributed by atoms with van der Waals surface area (Å²) in [4.78, 5) is 21.7. The third-order valence-corrected chi connectivity index (χ3v) is 2.72. The van der Waals surface area contributed by atoms with Crippen LogP contribution in [0.25, 0.3) is 0 Å². The van der Waals surface area contributed by atoms with Crippen molar-refractivity contribution in [3.05, 3.63) is 28.8 Å². The second-order valence-electron chi connectivity index (χ2n) is 4.07. The number of carboxylic acid groups (broad SMARTS) is 1. The Morgan fingerprint density at radius 3 is 2.52 bits per heavy atom. The molecule has 5 nitrogen and oxygen atoms in total. The van der Waals surface area contributed by atoms with Crippen LogP contribution >= 0.6 is 11.6 Å². The van der Waals surface area contributed by atoms with Gasteiger partial charge >= 0.3 is 18.2 Å². The average Bonchev–Trinajstić information content (AvgIpc) is 2.36. The van der Waals surface area contributed by atoms with Crippen molar-refractivity contribution in [2.75, 3.05) is 11.9 Å². The largest absolute Gasteiger partial charge is 0.481 e.